The molecule has 0 saturated heterocycles. The van der Waals surface area contributed by atoms with Gasteiger partial charge in [0.1, 0.15) is 5.75 Å². The van der Waals surface area contributed by atoms with Crippen molar-refractivity contribution in [3.63, 3.8) is 0 Å². The highest BCUT2D eigenvalue weighted by molar-refractivity contribution is 9.10. The molecule has 19 heavy (non-hydrogen) atoms. The number of anilines is 1. The number of rotatable bonds is 3. The summed E-state index contributed by atoms with van der Waals surface area (Å²) in [5.41, 5.74) is 3.91. The van der Waals surface area contributed by atoms with Crippen molar-refractivity contribution in [3.8, 4) is 5.75 Å². The largest absolute Gasteiger partial charge is 0.496 e. The molecule has 0 spiro atoms. The fraction of sp³-hybridized carbons (Fsp3) is 0.250. The number of ether oxygens (including phenoxy) is 1. The quantitative estimate of drug-likeness (QED) is 0.922. The predicted octanol–water partition coefficient (Wildman–Crippen LogP) is 4.04. The van der Waals surface area contributed by atoms with Gasteiger partial charge in [-0.05, 0) is 48.2 Å². The number of benzene rings is 2. The van der Waals surface area contributed by atoms with Crippen LogP contribution < -0.4 is 10.1 Å². The van der Waals surface area contributed by atoms with Gasteiger partial charge in [-0.2, -0.15) is 0 Å². The van der Waals surface area contributed by atoms with Gasteiger partial charge in [0.2, 0.25) is 0 Å². The van der Waals surface area contributed by atoms with Crippen LogP contribution in [-0.2, 0) is 12.8 Å². The van der Waals surface area contributed by atoms with E-state index in [4.69, 9.17) is 4.74 Å². The van der Waals surface area contributed by atoms with E-state index in [0.29, 0.717) is 6.04 Å². The van der Waals surface area contributed by atoms with E-state index in [2.05, 4.69) is 51.6 Å². The normalized spacial score (nSPS) is 16.8. The number of hydrogen-bond donors (Lipinski definition) is 1. The van der Waals surface area contributed by atoms with Gasteiger partial charge in [-0.1, -0.05) is 34.1 Å². The lowest BCUT2D eigenvalue weighted by atomic mass is 10.0. The van der Waals surface area contributed by atoms with E-state index in [1.807, 2.05) is 12.1 Å². The van der Waals surface area contributed by atoms with Crippen molar-refractivity contribution < 1.29 is 4.74 Å². The maximum atomic E-state index is 5.44. The third-order valence-corrected chi connectivity index (χ3v) is 4.05. The number of halogens is 1. The molecule has 0 bridgehead atoms. The van der Waals surface area contributed by atoms with Crippen LogP contribution in [0, 0.1) is 0 Å². The maximum Gasteiger partial charge on any atom is 0.122 e. The third-order valence-electron chi connectivity index (χ3n) is 3.55. The van der Waals surface area contributed by atoms with Gasteiger partial charge in [0, 0.05) is 16.2 Å². The van der Waals surface area contributed by atoms with Crippen LogP contribution in [0.15, 0.2) is 46.9 Å². The first-order chi connectivity index (χ1) is 9.26. The van der Waals surface area contributed by atoms with Crippen molar-refractivity contribution in [1.82, 2.24) is 0 Å². The van der Waals surface area contributed by atoms with Crippen LogP contribution in [0.1, 0.15) is 11.1 Å². The molecule has 1 heterocycles. The zero-order valence-corrected chi connectivity index (χ0v) is 12.4. The second-order valence-electron chi connectivity index (χ2n) is 4.86. The summed E-state index contributed by atoms with van der Waals surface area (Å²) in [7, 11) is 1.73. The molecule has 1 aliphatic heterocycles. The smallest absolute Gasteiger partial charge is 0.122 e. The molecule has 2 aromatic carbocycles. The molecule has 1 unspecified atom stereocenters. The van der Waals surface area contributed by atoms with Crippen LogP contribution in [0.5, 0.6) is 5.75 Å². The second kappa shape index (κ2) is 5.25. The Morgan fingerprint density at radius 1 is 1.26 bits per heavy atom. The lowest BCUT2D eigenvalue weighted by Gasteiger charge is -2.14. The van der Waals surface area contributed by atoms with Gasteiger partial charge >= 0.3 is 0 Å². The van der Waals surface area contributed by atoms with Gasteiger partial charge in [-0.25, -0.2) is 0 Å². The molecule has 98 valence electrons. The molecule has 0 fully saturated rings. The minimum Gasteiger partial charge on any atom is -0.496 e. The lowest BCUT2D eigenvalue weighted by molar-refractivity contribution is 0.408. The van der Waals surface area contributed by atoms with E-state index in [0.717, 1.165) is 23.1 Å². The third kappa shape index (κ3) is 2.61. The Balaban J connectivity index is 1.79. The number of methoxy groups -OCH3 is 1. The summed E-state index contributed by atoms with van der Waals surface area (Å²) in [6.45, 7) is 0. The van der Waals surface area contributed by atoms with Crippen LogP contribution in [0.4, 0.5) is 5.69 Å². The highest BCUT2D eigenvalue weighted by Gasteiger charge is 2.21. The van der Waals surface area contributed by atoms with E-state index in [9.17, 15) is 0 Å². The predicted molar refractivity (Wildman–Crippen MR) is 82.0 cm³/mol. The van der Waals surface area contributed by atoms with Crippen molar-refractivity contribution in [3.05, 3.63) is 58.1 Å². The summed E-state index contributed by atoms with van der Waals surface area (Å²) in [6.07, 6.45) is 2.04. The minimum atomic E-state index is 0.445. The molecule has 0 aliphatic carbocycles. The van der Waals surface area contributed by atoms with Gasteiger partial charge in [0.15, 0.2) is 0 Å². The van der Waals surface area contributed by atoms with Gasteiger partial charge in [0.25, 0.3) is 0 Å². The van der Waals surface area contributed by atoms with Gasteiger partial charge in [0.05, 0.1) is 7.11 Å². The summed E-state index contributed by atoms with van der Waals surface area (Å²) >= 11 is 3.53. The topological polar surface area (TPSA) is 21.3 Å². The Morgan fingerprint density at radius 3 is 2.89 bits per heavy atom. The van der Waals surface area contributed by atoms with Gasteiger partial charge in [-0.3, -0.25) is 0 Å². The van der Waals surface area contributed by atoms with Crippen molar-refractivity contribution in [2.24, 2.45) is 0 Å². The zero-order valence-electron chi connectivity index (χ0n) is 10.8. The summed E-state index contributed by atoms with van der Waals surface area (Å²) in [6, 6.07) is 15.1. The molecular formula is C16H16BrNO. The van der Waals surface area contributed by atoms with Gasteiger partial charge in [-0.15, -0.1) is 0 Å². The SMILES string of the molecule is COc1ccc(Br)cc1CC1Cc2ccccc2N1. The highest BCUT2D eigenvalue weighted by atomic mass is 79.9. The van der Waals surface area contributed by atoms with E-state index >= 15 is 0 Å². The van der Waals surface area contributed by atoms with Crippen LogP contribution in [0.2, 0.25) is 0 Å². The number of fused-ring (bicyclic) bond motifs is 1. The Kier molecular flexibility index (Phi) is 3.47. The van der Waals surface area contributed by atoms with Crippen molar-refractivity contribution in [2.75, 3.05) is 12.4 Å². The second-order valence-corrected chi connectivity index (χ2v) is 5.78. The lowest BCUT2D eigenvalue weighted by Crippen LogP contribution is -2.18. The fourth-order valence-electron chi connectivity index (χ4n) is 2.67. The molecule has 0 amide bonds. The van der Waals surface area contributed by atoms with Crippen molar-refractivity contribution in [2.45, 2.75) is 18.9 Å². The summed E-state index contributed by atoms with van der Waals surface area (Å²) in [5.74, 6) is 0.959. The van der Waals surface area contributed by atoms with Crippen molar-refractivity contribution in [1.29, 1.82) is 0 Å². The Morgan fingerprint density at radius 2 is 2.11 bits per heavy atom. The molecule has 0 saturated carbocycles. The maximum absolute atomic E-state index is 5.44. The zero-order chi connectivity index (χ0) is 13.2. The van der Waals surface area contributed by atoms with Crippen molar-refractivity contribution >= 4 is 21.6 Å². The summed E-state index contributed by atoms with van der Waals surface area (Å²) in [5, 5.41) is 3.58. The van der Waals surface area contributed by atoms with E-state index in [-0.39, 0.29) is 0 Å². The Labute approximate surface area is 121 Å². The molecule has 1 aliphatic rings. The number of hydrogen-bond acceptors (Lipinski definition) is 2. The molecule has 2 aromatic rings. The van der Waals surface area contributed by atoms with Crippen LogP contribution in [0.25, 0.3) is 0 Å². The molecular weight excluding hydrogens is 302 g/mol. The minimum absolute atomic E-state index is 0.445. The Bertz CT molecular complexity index is 572. The van der Waals surface area contributed by atoms with Gasteiger partial charge < -0.3 is 10.1 Å². The average Bonchev–Trinajstić information content (AvgIpc) is 2.81. The molecule has 3 rings (SSSR count). The molecule has 0 aromatic heterocycles. The number of para-hydroxylation sites is 1. The van der Waals surface area contributed by atoms with E-state index < -0.39 is 0 Å². The monoisotopic (exact) mass is 317 g/mol. The molecule has 2 nitrogen and oxygen atoms in total. The first-order valence-electron chi connectivity index (χ1n) is 6.43. The molecule has 1 atom stereocenters. The van der Waals surface area contributed by atoms with E-state index in [1.165, 1.54) is 16.8 Å². The summed E-state index contributed by atoms with van der Waals surface area (Å²) in [4.78, 5) is 0. The van der Waals surface area contributed by atoms with E-state index in [1.54, 1.807) is 7.11 Å². The molecule has 0 radical (unpaired) electrons. The first-order valence-corrected chi connectivity index (χ1v) is 7.22. The van der Waals surface area contributed by atoms with Crippen LogP contribution in [0.3, 0.4) is 0 Å². The first kappa shape index (κ1) is 12.5. The standard InChI is InChI=1S/C16H16BrNO/c1-19-16-7-6-13(17)8-12(16)10-14-9-11-4-2-3-5-15(11)18-14/h2-8,14,18H,9-10H2,1H3. The molecule has 3 heteroatoms. The Hall–Kier alpha value is -1.48. The fourth-order valence-corrected chi connectivity index (χ4v) is 3.08. The average molecular weight is 318 g/mol. The van der Waals surface area contributed by atoms with Crippen LogP contribution in [-0.4, -0.2) is 13.2 Å². The number of nitrogens with one attached hydrogen (secondary N) is 1. The highest BCUT2D eigenvalue weighted by Crippen LogP contribution is 2.30. The molecule has 1 N–H and O–H groups in total. The summed E-state index contributed by atoms with van der Waals surface area (Å²) < 4.78 is 6.54. The van der Waals surface area contributed by atoms with Crippen LogP contribution >= 0.6 is 15.9 Å².